The lowest BCUT2D eigenvalue weighted by Gasteiger charge is -2.40. The molecule has 4 atom stereocenters. The normalized spacial score (nSPS) is 17.5. The average molecular weight is 409 g/mol. The first-order valence-electron chi connectivity index (χ1n) is 13.8. The molecule has 0 fully saturated rings. The first-order valence-corrected chi connectivity index (χ1v) is 13.8. The van der Waals surface area contributed by atoms with Crippen LogP contribution in [0.4, 0.5) is 0 Å². The topological polar surface area (TPSA) is 0 Å². The molecule has 0 rings (SSSR count). The maximum atomic E-state index is 2.56. The maximum absolute atomic E-state index is 2.56. The quantitative estimate of drug-likeness (QED) is 0.186. The van der Waals surface area contributed by atoms with Crippen molar-refractivity contribution >= 4 is 0 Å². The Morgan fingerprint density at radius 2 is 0.897 bits per heavy atom. The van der Waals surface area contributed by atoms with Crippen LogP contribution in [-0.4, -0.2) is 0 Å². The lowest BCUT2D eigenvalue weighted by atomic mass is 9.65. The molecule has 0 nitrogen and oxygen atoms in total. The van der Waals surface area contributed by atoms with Crippen LogP contribution in [0.5, 0.6) is 0 Å². The minimum absolute atomic E-state index is 0.801. The van der Waals surface area contributed by atoms with E-state index in [4.69, 9.17) is 0 Å². The molecule has 0 aliphatic carbocycles. The molecule has 0 saturated heterocycles. The van der Waals surface area contributed by atoms with Crippen molar-refractivity contribution in [3.05, 3.63) is 0 Å². The molecule has 176 valence electrons. The minimum atomic E-state index is 0.801. The van der Waals surface area contributed by atoms with Gasteiger partial charge in [-0.25, -0.2) is 0 Å². The van der Waals surface area contributed by atoms with Crippen molar-refractivity contribution in [3.63, 3.8) is 0 Å². The zero-order chi connectivity index (χ0) is 22.2. The summed E-state index contributed by atoms with van der Waals surface area (Å²) in [4.78, 5) is 0. The van der Waals surface area contributed by atoms with E-state index in [1.54, 1.807) is 0 Å². The van der Waals surface area contributed by atoms with E-state index in [-0.39, 0.29) is 0 Å². The highest BCUT2D eigenvalue weighted by Gasteiger charge is 2.33. The van der Waals surface area contributed by atoms with Crippen LogP contribution in [0, 0.1) is 41.4 Å². The van der Waals surface area contributed by atoms with Crippen LogP contribution >= 0.6 is 0 Å². The Labute approximate surface area is 187 Å². The molecule has 0 aromatic heterocycles. The molecule has 0 aromatic rings. The minimum Gasteiger partial charge on any atom is -0.0654 e. The van der Waals surface area contributed by atoms with Gasteiger partial charge in [0, 0.05) is 0 Å². The highest BCUT2D eigenvalue weighted by atomic mass is 14.4. The van der Waals surface area contributed by atoms with E-state index < -0.39 is 0 Å². The molecule has 0 aliphatic heterocycles. The smallest absolute Gasteiger partial charge is 0.0329 e. The van der Waals surface area contributed by atoms with E-state index in [0.717, 1.165) is 41.4 Å². The molecule has 0 heteroatoms. The Morgan fingerprint density at radius 1 is 0.448 bits per heavy atom. The molecule has 0 amide bonds. The summed E-state index contributed by atoms with van der Waals surface area (Å²) in [5.74, 6) is 6.03. The highest BCUT2D eigenvalue weighted by molar-refractivity contribution is 4.83. The van der Waals surface area contributed by atoms with Crippen LogP contribution < -0.4 is 0 Å². The van der Waals surface area contributed by atoms with Gasteiger partial charge in [0.25, 0.3) is 0 Å². The van der Waals surface area contributed by atoms with Crippen LogP contribution in [0.1, 0.15) is 146 Å². The van der Waals surface area contributed by atoms with Crippen molar-refractivity contribution in [2.45, 2.75) is 146 Å². The van der Waals surface area contributed by atoms with Gasteiger partial charge in [0.2, 0.25) is 0 Å². The van der Waals surface area contributed by atoms with Crippen LogP contribution in [0.2, 0.25) is 0 Å². The first kappa shape index (κ1) is 29.0. The Balaban J connectivity index is 5.01. The van der Waals surface area contributed by atoms with Crippen molar-refractivity contribution in [2.75, 3.05) is 0 Å². The molecule has 29 heavy (non-hydrogen) atoms. The van der Waals surface area contributed by atoms with E-state index in [9.17, 15) is 0 Å². The molecular formula is C29H60. The van der Waals surface area contributed by atoms with Gasteiger partial charge in [-0.15, -0.1) is 0 Å². The fourth-order valence-electron chi connectivity index (χ4n) is 5.33. The van der Waals surface area contributed by atoms with Crippen LogP contribution in [0.25, 0.3) is 0 Å². The summed E-state index contributed by atoms with van der Waals surface area (Å²) >= 11 is 0. The Bertz CT molecular complexity index is 328. The molecule has 0 aromatic carbocycles. The van der Waals surface area contributed by atoms with Gasteiger partial charge >= 0.3 is 0 Å². The Hall–Kier alpha value is 0. The SMILES string of the molecule is CCCCCCCCC(CCC(C)CCCCC)C(C(C)C(C)C)C(C)C(C)C. The van der Waals surface area contributed by atoms with E-state index in [1.165, 1.54) is 83.5 Å². The number of rotatable bonds is 19. The number of hydrogen-bond acceptors (Lipinski definition) is 0. The van der Waals surface area contributed by atoms with Gasteiger partial charge < -0.3 is 0 Å². The standard InChI is InChI=1S/C29H60/c1-10-12-14-15-16-18-20-28(22-21-25(7)19-17-13-11-2)29(26(8)23(3)4)27(9)24(5)6/h23-29H,10-22H2,1-9H3. The van der Waals surface area contributed by atoms with Crippen molar-refractivity contribution in [1.29, 1.82) is 0 Å². The third-order valence-electron chi connectivity index (χ3n) is 8.12. The molecule has 0 bridgehead atoms. The second-order valence-electron chi connectivity index (χ2n) is 11.3. The van der Waals surface area contributed by atoms with Gasteiger partial charge in [-0.05, 0) is 47.8 Å². The molecule has 0 N–H and O–H groups in total. The summed E-state index contributed by atoms with van der Waals surface area (Å²) in [6.07, 6.45) is 18.7. The molecule has 4 unspecified atom stereocenters. The van der Waals surface area contributed by atoms with Gasteiger partial charge in [0.15, 0.2) is 0 Å². The summed E-state index contributed by atoms with van der Waals surface area (Å²) in [5, 5.41) is 0. The molecule has 0 aliphatic rings. The van der Waals surface area contributed by atoms with Crippen molar-refractivity contribution < 1.29 is 0 Å². The van der Waals surface area contributed by atoms with Crippen molar-refractivity contribution in [2.24, 2.45) is 41.4 Å². The highest BCUT2D eigenvalue weighted by Crippen LogP contribution is 2.41. The summed E-state index contributed by atoms with van der Waals surface area (Å²) in [6, 6.07) is 0. The zero-order valence-corrected chi connectivity index (χ0v) is 22.2. The first-order chi connectivity index (χ1) is 13.8. The largest absolute Gasteiger partial charge is 0.0654 e. The third-order valence-corrected chi connectivity index (χ3v) is 8.12. The van der Waals surface area contributed by atoms with E-state index in [2.05, 4.69) is 62.3 Å². The summed E-state index contributed by atoms with van der Waals surface area (Å²) in [5.41, 5.74) is 0. The van der Waals surface area contributed by atoms with Crippen molar-refractivity contribution in [1.82, 2.24) is 0 Å². The van der Waals surface area contributed by atoms with Gasteiger partial charge in [-0.1, -0.05) is 139 Å². The maximum Gasteiger partial charge on any atom is -0.0329 e. The second kappa shape index (κ2) is 17.7. The predicted molar refractivity (Wildman–Crippen MR) is 136 cm³/mol. The van der Waals surface area contributed by atoms with Crippen LogP contribution in [0.3, 0.4) is 0 Å². The third kappa shape index (κ3) is 13.1. The lowest BCUT2D eigenvalue weighted by Crippen LogP contribution is -2.33. The lowest BCUT2D eigenvalue weighted by molar-refractivity contribution is 0.0854. The summed E-state index contributed by atoms with van der Waals surface area (Å²) in [6.45, 7) is 22.1. The molecule has 0 heterocycles. The average Bonchev–Trinajstić information content (AvgIpc) is 2.67. The van der Waals surface area contributed by atoms with Gasteiger partial charge in [-0.2, -0.15) is 0 Å². The Kier molecular flexibility index (Phi) is 17.7. The van der Waals surface area contributed by atoms with Crippen LogP contribution in [-0.2, 0) is 0 Å². The van der Waals surface area contributed by atoms with Crippen molar-refractivity contribution in [3.8, 4) is 0 Å². The molecular weight excluding hydrogens is 348 g/mol. The predicted octanol–water partition coefficient (Wildman–Crippen LogP) is 10.6. The van der Waals surface area contributed by atoms with Crippen LogP contribution in [0.15, 0.2) is 0 Å². The molecule has 0 saturated carbocycles. The fraction of sp³-hybridized carbons (Fsp3) is 1.00. The number of hydrogen-bond donors (Lipinski definition) is 0. The monoisotopic (exact) mass is 408 g/mol. The fourth-order valence-corrected chi connectivity index (χ4v) is 5.33. The molecule has 0 radical (unpaired) electrons. The summed E-state index contributed by atoms with van der Waals surface area (Å²) in [7, 11) is 0. The van der Waals surface area contributed by atoms with E-state index >= 15 is 0 Å². The van der Waals surface area contributed by atoms with Gasteiger partial charge in [0.05, 0.1) is 0 Å². The number of unbranched alkanes of at least 4 members (excludes halogenated alkanes) is 7. The summed E-state index contributed by atoms with van der Waals surface area (Å²) < 4.78 is 0. The van der Waals surface area contributed by atoms with Gasteiger partial charge in [-0.3, -0.25) is 0 Å². The van der Waals surface area contributed by atoms with Gasteiger partial charge in [0.1, 0.15) is 0 Å². The van der Waals surface area contributed by atoms with E-state index in [1.807, 2.05) is 0 Å². The Morgan fingerprint density at radius 3 is 1.41 bits per heavy atom. The van der Waals surface area contributed by atoms with E-state index in [0.29, 0.717) is 0 Å². The second-order valence-corrected chi connectivity index (χ2v) is 11.3. The zero-order valence-electron chi connectivity index (χ0n) is 22.2. The molecule has 0 spiro atoms.